The van der Waals surface area contributed by atoms with E-state index in [0.29, 0.717) is 17.8 Å². The van der Waals surface area contributed by atoms with Gasteiger partial charge in [-0.2, -0.15) is 0 Å². The number of aryl methyl sites for hydroxylation is 2. The molecule has 0 unspecified atom stereocenters. The lowest BCUT2D eigenvalue weighted by molar-refractivity contribution is 0.102. The van der Waals surface area contributed by atoms with Crippen molar-refractivity contribution < 1.29 is 4.79 Å². The van der Waals surface area contributed by atoms with Crippen LogP contribution in [0.15, 0.2) is 67.3 Å². The highest BCUT2D eigenvalue weighted by molar-refractivity contribution is 6.04. The van der Waals surface area contributed by atoms with E-state index in [9.17, 15) is 4.79 Å². The van der Waals surface area contributed by atoms with Crippen LogP contribution >= 0.6 is 0 Å². The summed E-state index contributed by atoms with van der Waals surface area (Å²) in [7, 11) is 0. The van der Waals surface area contributed by atoms with Crippen LogP contribution in [0.5, 0.6) is 0 Å². The molecule has 3 N–H and O–H groups in total. The molecular formula is C26H22N6O. The number of carbonyl (C=O) groups excluding carboxylic acids is 1. The van der Waals surface area contributed by atoms with Crippen LogP contribution < -0.4 is 16.2 Å². The van der Waals surface area contributed by atoms with Gasteiger partial charge in [0.2, 0.25) is 0 Å². The summed E-state index contributed by atoms with van der Waals surface area (Å²) < 4.78 is 1.92. The van der Waals surface area contributed by atoms with Crippen LogP contribution in [-0.4, -0.2) is 20.4 Å². The molecular weight excluding hydrogens is 412 g/mol. The van der Waals surface area contributed by atoms with Crippen molar-refractivity contribution in [2.24, 2.45) is 0 Å². The van der Waals surface area contributed by atoms with Gasteiger partial charge in [0.25, 0.3) is 5.91 Å². The Balaban J connectivity index is 1.36. The number of rotatable bonds is 3. The lowest BCUT2D eigenvalue weighted by Gasteiger charge is -2.09. The number of amides is 1. The third-order valence-electron chi connectivity index (χ3n) is 5.41. The van der Waals surface area contributed by atoms with E-state index in [1.165, 1.54) is 0 Å². The van der Waals surface area contributed by atoms with Crippen molar-refractivity contribution in [1.82, 2.24) is 20.0 Å². The molecule has 0 spiro atoms. The summed E-state index contributed by atoms with van der Waals surface area (Å²) in [6, 6.07) is 15.2. The Morgan fingerprint density at radius 1 is 1.09 bits per heavy atom. The first-order chi connectivity index (χ1) is 16.0. The zero-order valence-corrected chi connectivity index (χ0v) is 18.3. The summed E-state index contributed by atoms with van der Waals surface area (Å²) in [5, 5.41) is 2.98. The van der Waals surface area contributed by atoms with Crippen molar-refractivity contribution in [3.63, 3.8) is 0 Å². The van der Waals surface area contributed by atoms with Gasteiger partial charge in [-0.15, -0.1) is 0 Å². The third-order valence-corrected chi connectivity index (χ3v) is 5.41. The number of pyridine rings is 1. The van der Waals surface area contributed by atoms with Gasteiger partial charge in [0, 0.05) is 52.6 Å². The van der Waals surface area contributed by atoms with Gasteiger partial charge < -0.3 is 15.3 Å². The molecule has 33 heavy (non-hydrogen) atoms. The lowest BCUT2D eigenvalue weighted by Crippen LogP contribution is -2.12. The quantitative estimate of drug-likeness (QED) is 0.425. The fraction of sp³-hybridized carbons (Fsp3) is 0.115. The molecule has 0 fully saturated rings. The fourth-order valence-corrected chi connectivity index (χ4v) is 3.60. The second-order valence-corrected chi connectivity index (χ2v) is 7.92. The van der Waals surface area contributed by atoms with Gasteiger partial charge in [-0.3, -0.25) is 4.79 Å². The maximum absolute atomic E-state index is 12.9. The molecule has 5 rings (SSSR count). The number of hydrogen-bond donors (Lipinski definition) is 3. The number of aromatic nitrogens is 3. The molecule has 4 aromatic rings. The molecule has 1 aliphatic heterocycles. The van der Waals surface area contributed by atoms with Gasteiger partial charge in [-0.1, -0.05) is 24.0 Å². The Morgan fingerprint density at radius 3 is 2.85 bits per heavy atom. The number of benzene rings is 2. The fourth-order valence-electron chi connectivity index (χ4n) is 3.60. The number of hydrogen-bond acceptors (Lipinski definition) is 5. The minimum Gasteiger partial charge on any atom is -0.322 e. The zero-order valence-electron chi connectivity index (χ0n) is 18.3. The summed E-state index contributed by atoms with van der Waals surface area (Å²) in [4.78, 5) is 21.6. The minimum absolute atomic E-state index is 0.187. The van der Waals surface area contributed by atoms with E-state index >= 15 is 0 Å². The van der Waals surface area contributed by atoms with E-state index in [1.54, 1.807) is 12.5 Å². The molecule has 0 saturated heterocycles. The van der Waals surface area contributed by atoms with Crippen molar-refractivity contribution in [3.8, 4) is 17.5 Å². The zero-order chi connectivity index (χ0) is 22.8. The first-order valence-corrected chi connectivity index (χ1v) is 10.6. The maximum atomic E-state index is 12.9. The van der Waals surface area contributed by atoms with Crippen molar-refractivity contribution >= 4 is 17.4 Å². The van der Waals surface area contributed by atoms with Crippen molar-refractivity contribution in [3.05, 3.63) is 101 Å². The smallest absolute Gasteiger partial charge is 0.255 e. The molecule has 7 heteroatoms. The Kier molecular flexibility index (Phi) is 5.35. The second-order valence-electron chi connectivity index (χ2n) is 7.92. The standard InChI is InChI=1S/C26H22N6O/c1-17-6-8-21(11-20(17)9-7-19-10-22-14-29-31-25(22)27-13-19)26(33)30-23-4-3-5-24(12-23)32-15-18(2)28-16-32/h3-6,8,10-13,15-16,29H,14H2,1-2H3,(H,27,31)(H,30,33). The molecule has 0 saturated carbocycles. The number of fused-ring (bicyclic) bond motifs is 1. The van der Waals surface area contributed by atoms with E-state index in [0.717, 1.165) is 39.5 Å². The van der Waals surface area contributed by atoms with Crippen LogP contribution in [-0.2, 0) is 6.54 Å². The molecule has 2 aromatic heterocycles. The number of carbonyl (C=O) groups is 1. The summed E-state index contributed by atoms with van der Waals surface area (Å²) in [5.74, 6) is 7.01. The van der Waals surface area contributed by atoms with Gasteiger partial charge in [-0.05, 0) is 55.8 Å². The largest absolute Gasteiger partial charge is 0.322 e. The van der Waals surface area contributed by atoms with Crippen molar-refractivity contribution in [1.29, 1.82) is 0 Å². The highest BCUT2D eigenvalue weighted by Crippen LogP contribution is 2.19. The molecule has 162 valence electrons. The number of nitrogens with one attached hydrogen (secondary N) is 3. The van der Waals surface area contributed by atoms with Gasteiger partial charge in [-0.25, -0.2) is 15.4 Å². The predicted molar refractivity (Wildman–Crippen MR) is 128 cm³/mol. The monoisotopic (exact) mass is 434 g/mol. The van der Waals surface area contributed by atoms with Gasteiger partial charge in [0.1, 0.15) is 5.82 Å². The van der Waals surface area contributed by atoms with Crippen LogP contribution in [0, 0.1) is 25.7 Å². The molecule has 0 atom stereocenters. The lowest BCUT2D eigenvalue weighted by atomic mass is 10.0. The van der Waals surface area contributed by atoms with Gasteiger partial charge >= 0.3 is 0 Å². The van der Waals surface area contributed by atoms with Crippen molar-refractivity contribution in [2.75, 3.05) is 10.7 Å². The molecule has 1 amide bonds. The highest BCUT2D eigenvalue weighted by atomic mass is 16.1. The Hall–Kier alpha value is -4.41. The van der Waals surface area contributed by atoms with Crippen LogP contribution in [0.25, 0.3) is 5.69 Å². The minimum atomic E-state index is -0.187. The second kappa shape index (κ2) is 8.61. The number of anilines is 2. The van der Waals surface area contributed by atoms with Crippen LogP contribution in [0.1, 0.15) is 38.3 Å². The van der Waals surface area contributed by atoms with Crippen LogP contribution in [0.3, 0.4) is 0 Å². The summed E-state index contributed by atoms with van der Waals surface area (Å²) in [6.07, 6.45) is 5.44. The van der Waals surface area contributed by atoms with E-state index in [-0.39, 0.29) is 5.91 Å². The molecule has 2 aromatic carbocycles. The maximum Gasteiger partial charge on any atom is 0.255 e. The van der Waals surface area contributed by atoms with E-state index in [1.807, 2.05) is 73.1 Å². The number of nitrogens with zero attached hydrogens (tertiary/aromatic N) is 3. The Bertz CT molecular complexity index is 1430. The van der Waals surface area contributed by atoms with Crippen LogP contribution in [0.2, 0.25) is 0 Å². The molecule has 0 bridgehead atoms. The van der Waals surface area contributed by atoms with Crippen LogP contribution in [0.4, 0.5) is 11.5 Å². The molecule has 7 nitrogen and oxygen atoms in total. The average molecular weight is 435 g/mol. The normalized spacial score (nSPS) is 11.8. The number of imidazole rings is 1. The van der Waals surface area contributed by atoms with Gasteiger partial charge in [0.05, 0.1) is 12.0 Å². The van der Waals surface area contributed by atoms with Crippen molar-refractivity contribution in [2.45, 2.75) is 20.4 Å². The summed E-state index contributed by atoms with van der Waals surface area (Å²) >= 11 is 0. The molecule has 0 aliphatic carbocycles. The SMILES string of the molecule is Cc1cn(-c2cccc(NC(=O)c3ccc(C)c(C#Cc4cnc5c(c4)CNN5)c3)c2)cn1. The first-order valence-electron chi connectivity index (χ1n) is 10.6. The number of hydrazine groups is 1. The van der Waals surface area contributed by atoms with E-state index < -0.39 is 0 Å². The predicted octanol–water partition coefficient (Wildman–Crippen LogP) is 3.97. The molecule has 3 heterocycles. The topological polar surface area (TPSA) is 83.9 Å². The highest BCUT2D eigenvalue weighted by Gasteiger charge is 2.11. The average Bonchev–Trinajstić information content (AvgIpc) is 3.47. The van der Waals surface area contributed by atoms with E-state index in [4.69, 9.17) is 0 Å². The third kappa shape index (κ3) is 4.47. The molecule has 1 aliphatic rings. The van der Waals surface area contributed by atoms with E-state index in [2.05, 4.69) is 38.0 Å². The molecule has 0 radical (unpaired) electrons. The Morgan fingerprint density at radius 2 is 2.00 bits per heavy atom. The summed E-state index contributed by atoms with van der Waals surface area (Å²) in [5.41, 5.74) is 12.9. The Labute approximate surface area is 191 Å². The van der Waals surface area contributed by atoms with Gasteiger partial charge in [0.15, 0.2) is 0 Å². The first kappa shape index (κ1) is 20.5. The summed E-state index contributed by atoms with van der Waals surface area (Å²) in [6.45, 7) is 4.64.